The summed E-state index contributed by atoms with van der Waals surface area (Å²) in [5.74, 6) is 0. The van der Waals surface area contributed by atoms with Gasteiger partial charge in [-0.2, -0.15) is 0 Å². The van der Waals surface area contributed by atoms with Gasteiger partial charge in [0.2, 0.25) is 10.0 Å². The van der Waals surface area contributed by atoms with Crippen LogP contribution in [-0.4, -0.2) is 26.9 Å². The maximum absolute atomic E-state index is 11.3. The van der Waals surface area contributed by atoms with E-state index in [2.05, 4.69) is 43.1 Å². The monoisotopic (exact) mass is 332 g/mol. The summed E-state index contributed by atoms with van der Waals surface area (Å²) in [5, 5.41) is 5.13. The number of aryl methyl sites for hydroxylation is 1. The Morgan fingerprint density at radius 3 is 2.22 bits per heavy atom. The number of benzene rings is 2. The Kier molecular flexibility index (Phi) is 5.93. The van der Waals surface area contributed by atoms with E-state index in [1.807, 2.05) is 18.2 Å². The molecule has 0 aromatic heterocycles. The van der Waals surface area contributed by atoms with E-state index in [9.17, 15) is 8.42 Å². The molecular weight excluding hydrogens is 308 g/mol. The molecule has 0 amide bonds. The lowest BCUT2D eigenvalue weighted by Gasteiger charge is -2.25. The van der Waals surface area contributed by atoms with E-state index in [0.717, 1.165) is 24.9 Å². The molecule has 23 heavy (non-hydrogen) atoms. The molecule has 2 aromatic rings. The van der Waals surface area contributed by atoms with Gasteiger partial charge in [0.25, 0.3) is 0 Å². The summed E-state index contributed by atoms with van der Waals surface area (Å²) in [5.41, 5.74) is 2.44. The second kappa shape index (κ2) is 7.73. The average Bonchev–Trinajstić information content (AvgIpc) is 2.54. The van der Waals surface area contributed by atoms with Crippen LogP contribution >= 0.6 is 0 Å². The largest absolute Gasteiger partial charge is 0.300 e. The molecule has 0 radical (unpaired) electrons. The molecule has 0 spiro atoms. The number of nitrogens with two attached hydrogens (primary N) is 1. The van der Waals surface area contributed by atoms with Gasteiger partial charge < -0.3 is 0 Å². The molecule has 0 saturated carbocycles. The minimum absolute atomic E-state index is 0.153. The number of nitrogens with zero attached hydrogens (tertiary/aromatic N) is 1. The smallest absolute Gasteiger partial charge is 0.238 e. The standard InChI is InChI=1S/C18H24N2O2S/c1-15(17-10-12-18(13-11-17)23(19,21)22)20(2)14-6-9-16-7-4-3-5-8-16/h3-5,7-8,10-13,15H,6,9,14H2,1-2H3,(H2,19,21,22). The van der Waals surface area contributed by atoms with E-state index in [0.29, 0.717) is 0 Å². The lowest BCUT2D eigenvalue weighted by molar-refractivity contribution is 0.258. The molecule has 0 bridgehead atoms. The fourth-order valence-electron chi connectivity index (χ4n) is 2.56. The molecule has 124 valence electrons. The predicted molar refractivity (Wildman–Crippen MR) is 93.6 cm³/mol. The maximum Gasteiger partial charge on any atom is 0.238 e. The number of primary sulfonamides is 1. The molecule has 1 atom stereocenters. The summed E-state index contributed by atoms with van der Waals surface area (Å²) < 4.78 is 22.6. The Bertz CT molecular complexity index is 712. The second-order valence-electron chi connectivity index (χ2n) is 5.86. The highest BCUT2D eigenvalue weighted by molar-refractivity contribution is 7.89. The number of hydrogen-bond donors (Lipinski definition) is 1. The molecule has 0 aliphatic heterocycles. The summed E-state index contributed by atoms with van der Waals surface area (Å²) in [4.78, 5) is 2.43. The van der Waals surface area contributed by atoms with Gasteiger partial charge in [0.05, 0.1) is 4.90 Å². The lowest BCUT2D eigenvalue weighted by atomic mass is 10.1. The fourth-order valence-corrected chi connectivity index (χ4v) is 3.08. The molecule has 2 rings (SSSR count). The minimum atomic E-state index is -3.62. The van der Waals surface area contributed by atoms with Gasteiger partial charge in [-0.3, -0.25) is 4.90 Å². The first kappa shape index (κ1) is 17.7. The Labute approximate surface area is 139 Å². The van der Waals surface area contributed by atoms with Gasteiger partial charge in [-0.05, 0) is 56.6 Å². The van der Waals surface area contributed by atoms with Crippen molar-refractivity contribution >= 4 is 10.0 Å². The van der Waals surface area contributed by atoms with Crippen molar-refractivity contribution in [3.05, 3.63) is 65.7 Å². The van der Waals surface area contributed by atoms with Crippen molar-refractivity contribution in [1.82, 2.24) is 4.90 Å². The third-order valence-electron chi connectivity index (χ3n) is 4.17. The van der Waals surface area contributed by atoms with Crippen molar-refractivity contribution in [3.63, 3.8) is 0 Å². The van der Waals surface area contributed by atoms with Gasteiger partial charge in [-0.1, -0.05) is 42.5 Å². The Hall–Kier alpha value is -1.69. The zero-order chi connectivity index (χ0) is 16.9. The zero-order valence-electron chi connectivity index (χ0n) is 13.6. The predicted octanol–water partition coefficient (Wildman–Crippen LogP) is 2.96. The molecule has 1 unspecified atom stereocenters. The van der Waals surface area contributed by atoms with Crippen LogP contribution in [0.5, 0.6) is 0 Å². The molecule has 5 heteroatoms. The number of hydrogen-bond acceptors (Lipinski definition) is 3. The van der Waals surface area contributed by atoms with Gasteiger partial charge in [-0.25, -0.2) is 13.6 Å². The van der Waals surface area contributed by atoms with Crippen LogP contribution in [0.1, 0.15) is 30.5 Å². The summed E-state index contributed by atoms with van der Waals surface area (Å²) in [6.07, 6.45) is 2.14. The van der Waals surface area contributed by atoms with Gasteiger partial charge in [0.15, 0.2) is 0 Å². The first-order chi connectivity index (χ1) is 10.9. The van der Waals surface area contributed by atoms with Crippen molar-refractivity contribution in [2.45, 2.75) is 30.7 Å². The number of sulfonamides is 1. The summed E-state index contributed by atoms with van der Waals surface area (Å²) in [6.45, 7) is 3.10. The molecular formula is C18H24N2O2S. The maximum atomic E-state index is 11.3. The summed E-state index contributed by atoms with van der Waals surface area (Å²) >= 11 is 0. The molecule has 0 heterocycles. The Balaban J connectivity index is 1.90. The second-order valence-corrected chi connectivity index (χ2v) is 7.42. The highest BCUT2D eigenvalue weighted by Crippen LogP contribution is 2.20. The van der Waals surface area contributed by atoms with Crippen LogP contribution in [0.2, 0.25) is 0 Å². The SMILES string of the molecule is CC(c1ccc(S(N)(=O)=O)cc1)N(C)CCCc1ccccc1. The normalized spacial score (nSPS) is 13.2. The van der Waals surface area contributed by atoms with Crippen LogP contribution in [0.25, 0.3) is 0 Å². The quantitative estimate of drug-likeness (QED) is 0.848. The Morgan fingerprint density at radius 2 is 1.65 bits per heavy atom. The number of rotatable bonds is 7. The van der Waals surface area contributed by atoms with Crippen LogP contribution < -0.4 is 5.14 Å². The van der Waals surface area contributed by atoms with Gasteiger partial charge in [0, 0.05) is 6.04 Å². The zero-order valence-corrected chi connectivity index (χ0v) is 14.5. The van der Waals surface area contributed by atoms with E-state index < -0.39 is 10.0 Å². The molecule has 0 saturated heterocycles. The topological polar surface area (TPSA) is 63.4 Å². The third-order valence-corrected chi connectivity index (χ3v) is 5.10. The molecule has 4 nitrogen and oxygen atoms in total. The molecule has 0 aliphatic rings. The van der Waals surface area contributed by atoms with E-state index in [1.54, 1.807) is 12.1 Å². The van der Waals surface area contributed by atoms with Gasteiger partial charge in [0.1, 0.15) is 0 Å². The first-order valence-electron chi connectivity index (χ1n) is 7.75. The van der Waals surface area contributed by atoms with Crippen molar-refractivity contribution in [1.29, 1.82) is 0 Å². The van der Waals surface area contributed by atoms with Gasteiger partial charge >= 0.3 is 0 Å². The molecule has 2 aromatic carbocycles. The van der Waals surface area contributed by atoms with Crippen LogP contribution in [0.4, 0.5) is 0 Å². The highest BCUT2D eigenvalue weighted by Gasteiger charge is 2.13. The minimum Gasteiger partial charge on any atom is -0.300 e. The van der Waals surface area contributed by atoms with E-state index in [4.69, 9.17) is 5.14 Å². The van der Waals surface area contributed by atoms with Crippen LogP contribution in [0.3, 0.4) is 0 Å². The molecule has 0 fully saturated rings. The molecule has 2 N–H and O–H groups in total. The highest BCUT2D eigenvalue weighted by atomic mass is 32.2. The average molecular weight is 332 g/mol. The van der Waals surface area contributed by atoms with E-state index in [1.165, 1.54) is 5.56 Å². The van der Waals surface area contributed by atoms with E-state index in [-0.39, 0.29) is 10.9 Å². The third kappa shape index (κ3) is 5.16. The lowest BCUT2D eigenvalue weighted by Crippen LogP contribution is -2.24. The summed E-state index contributed by atoms with van der Waals surface area (Å²) in [6, 6.07) is 17.5. The molecule has 0 aliphatic carbocycles. The van der Waals surface area contributed by atoms with E-state index >= 15 is 0 Å². The Morgan fingerprint density at radius 1 is 1.04 bits per heavy atom. The fraction of sp³-hybridized carbons (Fsp3) is 0.333. The van der Waals surface area contributed by atoms with Crippen molar-refractivity contribution < 1.29 is 8.42 Å². The first-order valence-corrected chi connectivity index (χ1v) is 9.29. The van der Waals surface area contributed by atoms with Crippen LogP contribution in [-0.2, 0) is 16.4 Å². The van der Waals surface area contributed by atoms with Crippen molar-refractivity contribution in [2.24, 2.45) is 5.14 Å². The van der Waals surface area contributed by atoms with Crippen LogP contribution in [0, 0.1) is 0 Å². The van der Waals surface area contributed by atoms with Crippen LogP contribution in [0.15, 0.2) is 59.5 Å². The summed E-state index contributed by atoms with van der Waals surface area (Å²) in [7, 11) is -1.54. The van der Waals surface area contributed by atoms with Crippen molar-refractivity contribution in [2.75, 3.05) is 13.6 Å². The van der Waals surface area contributed by atoms with Gasteiger partial charge in [-0.15, -0.1) is 0 Å². The van der Waals surface area contributed by atoms with Crippen molar-refractivity contribution in [3.8, 4) is 0 Å².